The molecule has 1 atom stereocenters. The maximum atomic E-state index is 12.4. The number of carbonyl (C=O) groups excluding carboxylic acids is 1. The minimum absolute atomic E-state index is 0.0641. The maximum Gasteiger partial charge on any atom is 0.293 e. The largest absolute Gasteiger partial charge is 0.320 e. The highest BCUT2D eigenvalue weighted by atomic mass is 16.6. The van der Waals surface area contributed by atoms with Crippen LogP contribution in [0.25, 0.3) is 0 Å². The number of nitro benzene ring substituents is 1. The lowest BCUT2D eigenvalue weighted by Crippen LogP contribution is -2.46. The van der Waals surface area contributed by atoms with Crippen LogP contribution in [-0.2, 0) is 4.79 Å². The molecule has 1 saturated heterocycles. The molecule has 108 valence electrons. The average molecular weight is 277 g/mol. The van der Waals surface area contributed by atoms with Crippen molar-refractivity contribution in [3.05, 3.63) is 33.9 Å². The standard InChI is InChI=1S/C14H19N3O3/c1-10-4-5-11(12(8-10)17(19)20)16-13(18)14(2)6-3-7-15-9-14/h4-5,8,15H,3,6-7,9H2,1-2H3,(H,16,18). The molecule has 20 heavy (non-hydrogen) atoms. The van der Waals surface area contributed by atoms with E-state index >= 15 is 0 Å². The van der Waals surface area contributed by atoms with Crippen LogP contribution < -0.4 is 10.6 Å². The second-order valence-electron chi connectivity index (χ2n) is 5.57. The molecule has 0 aromatic heterocycles. The van der Waals surface area contributed by atoms with Crippen molar-refractivity contribution in [3.8, 4) is 0 Å². The molecule has 6 heteroatoms. The van der Waals surface area contributed by atoms with E-state index in [0.717, 1.165) is 24.9 Å². The molecule has 0 saturated carbocycles. The van der Waals surface area contributed by atoms with Gasteiger partial charge in [-0.2, -0.15) is 0 Å². The first kappa shape index (κ1) is 14.5. The molecule has 0 spiro atoms. The van der Waals surface area contributed by atoms with Crippen molar-refractivity contribution in [2.75, 3.05) is 18.4 Å². The monoisotopic (exact) mass is 277 g/mol. The average Bonchev–Trinajstić information content (AvgIpc) is 2.41. The van der Waals surface area contributed by atoms with Gasteiger partial charge in [0.15, 0.2) is 0 Å². The van der Waals surface area contributed by atoms with Gasteiger partial charge in [-0.15, -0.1) is 0 Å². The predicted octanol–water partition coefficient (Wildman–Crippen LogP) is 2.23. The Labute approximate surface area is 117 Å². The normalized spacial score (nSPS) is 22.3. The van der Waals surface area contributed by atoms with Crippen LogP contribution in [0.5, 0.6) is 0 Å². The van der Waals surface area contributed by atoms with Crippen LogP contribution in [0, 0.1) is 22.5 Å². The van der Waals surface area contributed by atoms with Crippen molar-refractivity contribution in [1.82, 2.24) is 5.32 Å². The number of anilines is 1. The second-order valence-corrected chi connectivity index (χ2v) is 5.57. The van der Waals surface area contributed by atoms with Crippen molar-refractivity contribution < 1.29 is 9.72 Å². The summed E-state index contributed by atoms with van der Waals surface area (Å²) in [6.07, 6.45) is 1.71. The van der Waals surface area contributed by atoms with Crippen LogP contribution in [0.1, 0.15) is 25.3 Å². The van der Waals surface area contributed by atoms with Gasteiger partial charge in [-0.05, 0) is 44.9 Å². The van der Waals surface area contributed by atoms with Crippen LogP contribution in [0.2, 0.25) is 0 Å². The molecule has 1 aliphatic rings. The van der Waals surface area contributed by atoms with Crippen LogP contribution in [0.4, 0.5) is 11.4 Å². The summed E-state index contributed by atoms with van der Waals surface area (Å²) in [7, 11) is 0. The van der Waals surface area contributed by atoms with Gasteiger partial charge < -0.3 is 10.6 Å². The van der Waals surface area contributed by atoms with Crippen molar-refractivity contribution in [2.45, 2.75) is 26.7 Å². The number of aryl methyl sites for hydroxylation is 1. The molecule has 2 rings (SSSR count). The summed E-state index contributed by atoms with van der Waals surface area (Å²) in [5.41, 5.74) is 0.472. The number of carbonyl (C=O) groups is 1. The van der Waals surface area contributed by atoms with Gasteiger partial charge in [0.05, 0.1) is 10.3 Å². The van der Waals surface area contributed by atoms with E-state index in [1.165, 1.54) is 6.07 Å². The Morgan fingerprint density at radius 3 is 2.85 bits per heavy atom. The van der Waals surface area contributed by atoms with E-state index in [1.807, 2.05) is 6.92 Å². The van der Waals surface area contributed by atoms with Gasteiger partial charge in [0.2, 0.25) is 5.91 Å². The zero-order chi connectivity index (χ0) is 14.8. The minimum atomic E-state index is -0.517. The van der Waals surface area contributed by atoms with Gasteiger partial charge in [0.1, 0.15) is 5.69 Å². The molecule has 1 heterocycles. The predicted molar refractivity (Wildman–Crippen MR) is 76.7 cm³/mol. The molecule has 0 bridgehead atoms. The van der Waals surface area contributed by atoms with E-state index < -0.39 is 10.3 Å². The van der Waals surface area contributed by atoms with Crippen LogP contribution >= 0.6 is 0 Å². The topological polar surface area (TPSA) is 84.3 Å². The Kier molecular flexibility index (Phi) is 4.04. The zero-order valence-corrected chi connectivity index (χ0v) is 11.7. The Balaban J connectivity index is 2.21. The molecule has 1 fully saturated rings. The number of rotatable bonds is 3. The number of benzene rings is 1. The minimum Gasteiger partial charge on any atom is -0.320 e. The Bertz CT molecular complexity index is 536. The van der Waals surface area contributed by atoms with Crippen molar-refractivity contribution in [1.29, 1.82) is 0 Å². The van der Waals surface area contributed by atoms with Crippen LogP contribution in [0.3, 0.4) is 0 Å². The van der Waals surface area contributed by atoms with E-state index in [4.69, 9.17) is 0 Å². The Morgan fingerprint density at radius 1 is 1.50 bits per heavy atom. The van der Waals surface area contributed by atoms with Gasteiger partial charge >= 0.3 is 0 Å². The number of piperidine rings is 1. The Hall–Kier alpha value is -1.95. The van der Waals surface area contributed by atoms with Crippen LogP contribution in [0.15, 0.2) is 18.2 Å². The fourth-order valence-electron chi connectivity index (χ4n) is 2.42. The summed E-state index contributed by atoms with van der Waals surface area (Å²) in [4.78, 5) is 23.0. The third kappa shape index (κ3) is 2.96. The van der Waals surface area contributed by atoms with Gasteiger partial charge in [-0.1, -0.05) is 6.07 Å². The summed E-state index contributed by atoms with van der Waals surface area (Å²) < 4.78 is 0. The number of nitro groups is 1. The van der Waals surface area contributed by atoms with E-state index in [1.54, 1.807) is 19.1 Å². The molecule has 1 amide bonds. The number of hydrogen-bond donors (Lipinski definition) is 2. The number of nitrogens with zero attached hydrogens (tertiary/aromatic N) is 1. The van der Waals surface area contributed by atoms with Crippen molar-refractivity contribution in [3.63, 3.8) is 0 Å². The first-order valence-electron chi connectivity index (χ1n) is 6.70. The van der Waals surface area contributed by atoms with Gasteiger partial charge in [-0.25, -0.2) is 0 Å². The molecule has 6 nitrogen and oxygen atoms in total. The van der Waals surface area contributed by atoms with Gasteiger partial charge in [0.25, 0.3) is 5.69 Å². The summed E-state index contributed by atoms with van der Waals surface area (Å²) in [5.74, 6) is -0.170. The fraction of sp³-hybridized carbons (Fsp3) is 0.500. The summed E-state index contributed by atoms with van der Waals surface area (Å²) in [5, 5.41) is 17.0. The second kappa shape index (κ2) is 5.58. The third-order valence-electron chi connectivity index (χ3n) is 3.74. The van der Waals surface area contributed by atoms with E-state index in [2.05, 4.69) is 10.6 Å². The highest BCUT2D eigenvalue weighted by Crippen LogP contribution is 2.30. The number of nitrogens with one attached hydrogen (secondary N) is 2. The van der Waals surface area contributed by atoms with Crippen LogP contribution in [-0.4, -0.2) is 23.9 Å². The SMILES string of the molecule is Cc1ccc(NC(=O)C2(C)CCCNC2)c([N+](=O)[O-])c1. The number of hydrogen-bond acceptors (Lipinski definition) is 4. The lowest BCUT2D eigenvalue weighted by atomic mass is 9.82. The summed E-state index contributed by atoms with van der Waals surface area (Å²) in [6.45, 7) is 5.17. The summed E-state index contributed by atoms with van der Waals surface area (Å²) >= 11 is 0. The smallest absolute Gasteiger partial charge is 0.293 e. The first-order valence-corrected chi connectivity index (χ1v) is 6.70. The molecule has 1 aromatic rings. The molecular weight excluding hydrogens is 258 g/mol. The van der Waals surface area contributed by atoms with E-state index in [-0.39, 0.29) is 17.3 Å². The summed E-state index contributed by atoms with van der Waals surface area (Å²) in [6, 6.07) is 4.81. The molecule has 0 aliphatic carbocycles. The van der Waals surface area contributed by atoms with E-state index in [0.29, 0.717) is 6.54 Å². The maximum absolute atomic E-state index is 12.4. The number of amides is 1. The highest BCUT2D eigenvalue weighted by Gasteiger charge is 2.35. The lowest BCUT2D eigenvalue weighted by Gasteiger charge is -2.32. The molecule has 1 aromatic carbocycles. The molecule has 2 N–H and O–H groups in total. The molecule has 0 radical (unpaired) electrons. The van der Waals surface area contributed by atoms with Gasteiger partial charge in [-0.3, -0.25) is 14.9 Å². The third-order valence-corrected chi connectivity index (χ3v) is 3.74. The molecule has 1 aliphatic heterocycles. The van der Waals surface area contributed by atoms with Gasteiger partial charge in [0, 0.05) is 12.6 Å². The van der Waals surface area contributed by atoms with Crippen molar-refractivity contribution >= 4 is 17.3 Å². The Morgan fingerprint density at radius 2 is 2.25 bits per heavy atom. The first-order chi connectivity index (χ1) is 9.42. The highest BCUT2D eigenvalue weighted by molar-refractivity contribution is 5.97. The van der Waals surface area contributed by atoms with Crippen molar-refractivity contribution in [2.24, 2.45) is 5.41 Å². The fourth-order valence-corrected chi connectivity index (χ4v) is 2.42. The zero-order valence-electron chi connectivity index (χ0n) is 11.7. The molecule has 1 unspecified atom stereocenters. The lowest BCUT2D eigenvalue weighted by molar-refractivity contribution is -0.384. The quantitative estimate of drug-likeness (QED) is 0.655. The van der Waals surface area contributed by atoms with E-state index in [9.17, 15) is 14.9 Å². The molecular formula is C14H19N3O3.